The van der Waals surface area contributed by atoms with Crippen LogP contribution < -0.4 is 10.1 Å². The standard InChI is InChI=1S/C27H32N6O2/c1-18(2)33-25(13-14-29-33)32-19(3)17-21(20(32)4)11-12-24(34)30-26(27-28-15-16-31(27)5)22-9-7-8-10-23(22)35-6/h7-18,26H,1-6H3,(H,30,34)/b12-11+. The number of amides is 1. The zero-order chi connectivity index (χ0) is 25.1. The molecule has 1 atom stereocenters. The molecule has 3 aromatic heterocycles. The summed E-state index contributed by atoms with van der Waals surface area (Å²) in [5.41, 5.74) is 3.93. The molecule has 0 spiro atoms. The molecule has 0 aliphatic heterocycles. The van der Waals surface area contributed by atoms with Gasteiger partial charge in [-0.2, -0.15) is 5.10 Å². The molecule has 0 aliphatic rings. The van der Waals surface area contributed by atoms with Crippen molar-refractivity contribution in [3.63, 3.8) is 0 Å². The smallest absolute Gasteiger partial charge is 0.244 e. The van der Waals surface area contributed by atoms with E-state index in [1.807, 2.05) is 72.0 Å². The van der Waals surface area contributed by atoms with Crippen molar-refractivity contribution in [1.82, 2.24) is 29.2 Å². The van der Waals surface area contributed by atoms with E-state index >= 15 is 0 Å². The first kappa shape index (κ1) is 24.1. The van der Waals surface area contributed by atoms with E-state index in [-0.39, 0.29) is 11.9 Å². The summed E-state index contributed by atoms with van der Waals surface area (Å²) in [7, 11) is 3.53. The summed E-state index contributed by atoms with van der Waals surface area (Å²) in [6.45, 7) is 8.32. The summed E-state index contributed by atoms with van der Waals surface area (Å²) in [6, 6.07) is 11.5. The second-order valence-electron chi connectivity index (χ2n) is 8.80. The molecule has 1 amide bonds. The van der Waals surface area contributed by atoms with E-state index in [0.29, 0.717) is 5.75 Å². The van der Waals surface area contributed by atoms with Gasteiger partial charge >= 0.3 is 0 Å². The van der Waals surface area contributed by atoms with Gasteiger partial charge in [0.15, 0.2) is 0 Å². The Labute approximate surface area is 205 Å². The van der Waals surface area contributed by atoms with Crippen molar-refractivity contribution in [3.8, 4) is 11.6 Å². The second kappa shape index (κ2) is 10.0. The van der Waals surface area contributed by atoms with E-state index in [2.05, 4.69) is 46.8 Å². The molecular weight excluding hydrogens is 440 g/mol. The van der Waals surface area contributed by atoms with E-state index in [4.69, 9.17) is 4.74 Å². The monoisotopic (exact) mass is 472 g/mol. The maximum Gasteiger partial charge on any atom is 0.244 e. The van der Waals surface area contributed by atoms with E-state index < -0.39 is 6.04 Å². The Kier molecular flexibility index (Phi) is 6.91. The molecule has 0 radical (unpaired) electrons. The van der Waals surface area contributed by atoms with E-state index in [0.717, 1.165) is 34.2 Å². The highest BCUT2D eigenvalue weighted by atomic mass is 16.5. The minimum atomic E-state index is -0.462. The van der Waals surface area contributed by atoms with Gasteiger partial charge < -0.3 is 19.2 Å². The van der Waals surface area contributed by atoms with Gasteiger partial charge in [0, 0.05) is 54.6 Å². The van der Waals surface area contributed by atoms with Crippen LogP contribution in [-0.4, -0.2) is 36.9 Å². The van der Waals surface area contributed by atoms with Crippen LogP contribution >= 0.6 is 0 Å². The van der Waals surface area contributed by atoms with Gasteiger partial charge in [0.1, 0.15) is 23.4 Å². The summed E-state index contributed by atoms with van der Waals surface area (Å²) >= 11 is 0. The molecule has 1 aromatic carbocycles. The van der Waals surface area contributed by atoms with Crippen LogP contribution in [-0.2, 0) is 11.8 Å². The maximum absolute atomic E-state index is 13.1. The fourth-order valence-corrected chi connectivity index (χ4v) is 4.39. The number of carbonyl (C=O) groups is 1. The number of para-hydroxylation sites is 1. The van der Waals surface area contributed by atoms with Gasteiger partial charge in [0.05, 0.1) is 13.3 Å². The van der Waals surface area contributed by atoms with Gasteiger partial charge in [-0.25, -0.2) is 9.67 Å². The van der Waals surface area contributed by atoms with Gasteiger partial charge in [0.25, 0.3) is 0 Å². The van der Waals surface area contributed by atoms with Crippen LogP contribution in [0.4, 0.5) is 0 Å². The van der Waals surface area contributed by atoms with E-state index in [1.165, 1.54) is 0 Å². The number of nitrogens with zero attached hydrogens (tertiary/aromatic N) is 5. The molecule has 1 unspecified atom stereocenters. The average molecular weight is 473 g/mol. The molecule has 0 aliphatic carbocycles. The topological polar surface area (TPSA) is 78.9 Å². The normalized spacial score (nSPS) is 12.4. The summed E-state index contributed by atoms with van der Waals surface area (Å²) in [6.07, 6.45) is 8.80. The fourth-order valence-electron chi connectivity index (χ4n) is 4.39. The van der Waals surface area contributed by atoms with Crippen LogP contribution in [0.5, 0.6) is 5.75 Å². The summed E-state index contributed by atoms with van der Waals surface area (Å²) < 4.78 is 11.6. The van der Waals surface area contributed by atoms with Crippen molar-refractivity contribution in [2.75, 3.05) is 7.11 Å². The molecule has 8 nitrogen and oxygen atoms in total. The van der Waals surface area contributed by atoms with E-state index in [9.17, 15) is 4.79 Å². The number of nitrogens with one attached hydrogen (secondary N) is 1. The average Bonchev–Trinajstić information content (AvgIpc) is 3.55. The quantitative estimate of drug-likeness (QED) is 0.382. The molecule has 3 heterocycles. The number of benzene rings is 1. The third-order valence-corrected chi connectivity index (χ3v) is 6.11. The lowest BCUT2D eigenvalue weighted by Gasteiger charge is -2.20. The third kappa shape index (κ3) is 4.77. The number of hydrogen-bond acceptors (Lipinski definition) is 4. The van der Waals surface area contributed by atoms with Crippen LogP contribution in [0, 0.1) is 13.8 Å². The minimum absolute atomic E-state index is 0.221. The number of ether oxygens (including phenoxy) is 1. The zero-order valence-electron chi connectivity index (χ0n) is 21.1. The molecule has 0 fully saturated rings. The first-order chi connectivity index (χ1) is 16.8. The van der Waals surface area contributed by atoms with Gasteiger partial charge in [0.2, 0.25) is 5.91 Å². The highest BCUT2D eigenvalue weighted by molar-refractivity contribution is 5.92. The Morgan fingerprint density at radius 3 is 2.60 bits per heavy atom. The fraction of sp³-hybridized carbons (Fsp3) is 0.296. The summed E-state index contributed by atoms with van der Waals surface area (Å²) in [5, 5.41) is 7.56. The lowest BCUT2D eigenvalue weighted by Crippen LogP contribution is -2.30. The third-order valence-electron chi connectivity index (χ3n) is 6.11. The van der Waals surface area contributed by atoms with Crippen LogP contribution in [0.25, 0.3) is 11.9 Å². The number of aryl methyl sites for hydroxylation is 2. The number of carbonyl (C=O) groups excluding carboxylic acids is 1. The highest BCUT2D eigenvalue weighted by Gasteiger charge is 2.23. The predicted octanol–water partition coefficient (Wildman–Crippen LogP) is 4.53. The first-order valence-electron chi connectivity index (χ1n) is 11.6. The number of methoxy groups -OCH3 is 1. The zero-order valence-corrected chi connectivity index (χ0v) is 21.1. The van der Waals surface area contributed by atoms with Crippen molar-refractivity contribution in [1.29, 1.82) is 0 Å². The maximum atomic E-state index is 13.1. The van der Waals surface area contributed by atoms with Gasteiger partial charge in [-0.15, -0.1) is 0 Å². The van der Waals surface area contributed by atoms with Crippen molar-refractivity contribution < 1.29 is 9.53 Å². The van der Waals surface area contributed by atoms with Gasteiger partial charge in [-0.05, 0) is 51.5 Å². The van der Waals surface area contributed by atoms with Crippen molar-refractivity contribution in [2.45, 2.75) is 39.8 Å². The Bertz CT molecular complexity index is 1360. The number of aromatic nitrogens is 5. The molecule has 4 aromatic rings. The summed E-state index contributed by atoms with van der Waals surface area (Å²) in [5.74, 6) is 2.19. The van der Waals surface area contributed by atoms with Crippen LogP contribution in [0.2, 0.25) is 0 Å². The molecule has 0 saturated heterocycles. The second-order valence-corrected chi connectivity index (χ2v) is 8.80. The Morgan fingerprint density at radius 1 is 1.14 bits per heavy atom. The number of imidazole rings is 1. The van der Waals surface area contributed by atoms with Crippen molar-refractivity contribution in [2.24, 2.45) is 7.05 Å². The first-order valence-corrected chi connectivity index (χ1v) is 11.6. The van der Waals surface area contributed by atoms with Gasteiger partial charge in [-0.3, -0.25) is 4.79 Å². The molecule has 1 N–H and O–H groups in total. The number of rotatable bonds is 8. The Hall–Kier alpha value is -4.07. The highest BCUT2D eigenvalue weighted by Crippen LogP contribution is 2.29. The largest absolute Gasteiger partial charge is 0.496 e. The summed E-state index contributed by atoms with van der Waals surface area (Å²) in [4.78, 5) is 17.6. The Balaban J connectivity index is 1.62. The van der Waals surface area contributed by atoms with E-state index in [1.54, 1.807) is 19.4 Å². The molecule has 8 heteroatoms. The van der Waals surface area contributed by atoms with Crippen LogP contribution in [0.15, 0.2) is 61.1 Å². The molecular formula is C27H32N6O2. The minimum Gasteiger partial charge on any atom is -0.496 e. The number of hydrogen-bond donors (Lipinski definition) is 1. The van der Waals surface area contributed by atoms with Crippen LogP contribution in [0.1, 0.15) is 54.3 Å². The molecule has 4 rings (SSSR count). The SMILES string of the molecule is COc1ccccc1C(NC(=O)/C=C/c1cc(C)n(-c2ccnn2C(C)C)c1C)c1nccn1C. The van der Waals surface area contributed by atoms with Crippen LogP contribution in [0.3, 0.4) is 0 Å². The van der Waals surface area contributed by atoms with Gasteiger partial charge in [-0.1, -0.05) is 18.2 Å². The Morgan fingerprint density at radius 2 is 1.91 bits per heavy atom. The molecule has 182 valence electrons. The molecule has 0 bridgehead atoms. The predicted molar refractivity (Wildman–Crippen MR) is 137 cm³/mol. The lowest BCUT2D eigenvalue weighted by molar-refractivity contribution is -0.117. The molecule has 35 heavy (non-hydrogen) atoms. The van der Waals surface area contributed by atoms with Crippen molar-refractivity contribution in [3.05, 3.63) is 89.4 Å². The lowest BCUT2D eigenvalue weighted by atomic mass is 10.0. The van der Waals surface area contributed by atoms with Crippen molar-refractivity contribution >= 4 is 12.0 Å². The molecule has 0 saturated carbocycles.